The predicted octanol–water partition coefficient (Wildman–Crippen LogP) is 2.07. The van der Waals surface area contributed by atoms with Crippen molar-refractivity contribution in [1.29, 1.82) is 0 Å². The Kier molecular flexibility index (Phi) is 7.48. The highest BCUT2D eigenvalue weighted by atomic mass is 127. The van der Waals surface area contributed by atoms with Crippen molar-refractivity contribution < 1.29 is 4.74 Å². The molecule has 74 valence electrons. The molecule has 1 N–H and O–H groups in total. The summed E-state index contributed by atoms with van der Waals surface area (Å²) in [5.74, 6) is 0.696. The Bertz CT molecular complexity index is 109. The second-order valence-corrected chi connectivity index (χ2v) is 4.41. The van der Waals surface area contributed by atoms with Crippen LogP contribution in [0.5, 0.6) is 0 Å². The summed E-state index contributed by atoms with van der Waals surface area (Å²) in [6, 6.07) is 1.06. The van der Waals surface area contributed by atoms with Gasteiger partial charge in [-0.2, -0.15) is 0 Å². The standard InChI is InChI=1S/C9H20INO/c1-7(2)9(5-10)11-8(3)6-12-4/h7-9,11H,5-6H2,1-4H3. The van der Waals surface area contributed by atoms with Gasteiger partial charge >= 0.3 is 0 Å². The first-order valence-corrected chi connectivity index (χ1v) is 5.95. The highest BCUT2D eigenvalue weighted by Gasteiger charge is 2.13. The molecule has 0 heterocycles. The Morgan fingerprint density at radius 3 is 2.25 bits per heavy atom. The third-order valence-corrected chi connectivity index (χ3v) is 2.84. The third-order valence-electron chi connectivity index (χ3n) is 1.89. The molecule has 0 aromatic carbocycles. The Hall–Kier alpha value is 0.650. The van der Waals surface area contributed by atoms with Gasteiger partial charge in [0.25, 0.3) is 0 Å². The van der Waals surface area contributed by atoms with E-state index in [1.54, 1.807) is 7.11 Å². The lowest BCUT2D eigenvalue weighted by Gasteiger charge is -2.24. The van der Waals surface area contributed by atoms with Crippen molar-refractivity contribution in [3.05, 3.63) is 0 Å². The van der Waals surface area contributed by atoms with Gasteiger partial charge < -0.3 is 10.1 Å². The topological polar surface area (TPSA) is 21.3 Å². The zero-order valence-electron chi connectivity index (χ0n) is 8.43. The molecular formula is C9H20INO. The van der Waals surface area contributed by atoms with E-state index in [1.807, 2.05) is 0 Å². The van der Waals surface area contributed by atoms with Gasteiger partial charge in [-0.25, -0.2) is 0 Å². The van der Waals surface area contributed by atoms with E-state index in [4.69, 9.17) is 4.74 Å². The van der Waals surface area contributed by atoms with Gasteiger partial charge in [0.2, 0.25) is 0 Å². The van der Waals surface area contributed by atoms with Crippen LogP contribution in [-0.2, 0) is 4.74 Å². The van der Waals surface area contributed by atoms with E-state index in [2.05, 4.69) is 48.7 Å². The smallest absolute Gasteiger partial charge is 0.0613 e. The number of nitrogens with one attached hydrogen (secondary N) is 1. The number of halogens is 1. The van der Waals surface area contributed by atoms with Crippen LogP contribution in [0.1, 0.15) is 20.8 Å². The summed E-state index contributed by atoms with van der Waals surface area (Å²) < 4.78 is 6.22. The van der Waals surface area contributed by atoms with Crippen molar-refractivity contribution in [2.75, 3.05) is 18.1 Å². The average Bonchev–Trinajstić information content (AvgIpc) is 2.00. The summed E-state index contributed by atoms with van der Waals surface area (Å²) in [5, 5.41) is 3.53. The van der Waals surface area contributed by atoms with Gasteiger partial charge in [0.05, 0.1) is 6.61 Å². The molecule has 0 aliphatic carbocycles. The maximum absolute atomic E-state index is 5.06. The first kappa shape index (κ1) is 12.7. The molecule has 0 aliphatic rings. The predicted molar refractivity (Wildman–Crippen MR) is 62.0 cm³/mol. The molecule has 0 radical (unpaired) electrons. The van der Waals surface area contributed by atoms with E-state index in [9.17, 15) is 0 Å². The second-order valence-electron chi connectivity index (χ2n) is 3.53. The zero-order valence-corrected chi connectivity index (χ0v) is 10.6. The van der Waals surface area contributed by atoms with Crippen molar-refractivity contribution in [1.82, 2.24) is 5.32 Å². The molecule has 0 fully saturated rings. The van der Waals surface area contributed by atoms with Crippen molar-refractivity contribution in [3.63, 3.8) is 0 Å². The van der Waals surface area contributed by atoms with Crippen molar-refractivity contribution >= 4 is 22.6 Å². The minimum absolute atomic E-state index is 0.456. The Morgan fingerprint density at radius 2 is 1.92 bits per heavy atom. The van der Waals surface area contributed by atoms with Gasteiger partial charge in [0.1, 0.15) is 0 Å². The van der Waals surface area contributed by atoms with Crippen molar-refractivity contribution in [3.8, 4) is 0 Å². The summed E-state index contributed by atoms with van der Waals surface area (Å²) in [7, 11) is 1.74. The molecule has 12 heavy (non-hydrogen) atoms. The first-order chi connectivity index (χ1) is 5.61. The van der Waals surface area contributed by atoms with Gasteiger partial charge in [0, 0.05) is 23.6 Å². The lowest BCUT2D eigenvalue weighted by Crippen LogP contribution is -2.43. The summed E-state index contributed by atoms with van der Waals surface area (Å²) in [6.45, 7) is 7.44. The molecule has 0 spiro atoms. The van der Waals surface area contributed by atoms with Crippen LogP contribution in [0.15, 0.2) is 0 Å². The van der Waals surface area contributed by atoms with Gasteiger partial charge in [0.15, 0.2) is 0 Å². The number of alkyl halides is 1. The Balaban J connectivity index is 3.69. The number of methoxy groups -OCH3 is 1. The number of hydrogen-bond donors (Lipinski definition) is 1. The lowest BCUT2D eigenvalue weighted by molar-refractivity contribution is 0.164. The van der Waals surface area contributed by atoms with E-state index in [0.717, 1.165) is 11.0 Å². The van der Waals surface area contributed by atoms with Gasteiger partial charge in [-0.3, -0.25) is 0 Å². The maximum atomic E-state index is 5.06. The van der Waals surface area contributed by atoms with Crippen LogP contribution in [0, 0.1) is 5.92 Å². The van der Waals surface area contributed by atoms with Crippen LogP contribution >= 0.6 is 22.6 Å². The Morgan fingerprint density at radius 1 is 1.33 bits per heavy atom. The molecule has 0 aromatic heterocycles. The van der Waals surface area contributed by atoms with E-state index in [1.165, 1.54) is 0 Å². The van der Waals surface area contributed by atoms with E-state index in [-0.39, 0.29) is 0 Å². The summed E-state index contributed by atoms with van der Waals surface area (Å²) in [5.41, 5.74) is 0. The largest absolute Gasteiger partial charge is 0.383 e. The minimum Gasteiger partial charge on any atom is -0.383 e. The molecule has 0 saturated heterocycles. The van der Waals surface area contributed by atoms with Crippen LogP contribution in [0.25, 0.3) is 0 Å². The molecule has 2 nitrogen and oxygen atoms in total. The average molecular weight is 285 g/mol. The third kappa shape index (κ3) is 5.32. The fourth-order valence-corrected chi connectivity index (χ4v) is 2.35. The molecule has 2 atom stereocenters. The van der Waals surface area contributed by atoms with Crippen molar-refractivity contribution in [2.45, 2.75) is 32.9 Å². The van der Waals surface area contributed by atoms with Gasteiger partial charge in [-0.15, -0.1) is 0 Å². The fraction of sp³-hybridized carbons (Fsp3) is 1.00. The molecule has 3 heteroatoms. The Labute approximate surface area is 89.6 Å². The fourth-order valence-electron chi connectivity index (χ4n) is 1.08. The summed E-state index contributed by atoms with van der Waals surface area (Å²) >= 11 is 2.42. The van der Waals surface area contributed by atoms with E-state index < -0.39 is 0 Å². The van der Waals surface area contributed by atoms with Gasteiger partial charge in [-0.05, 0) is 12.8 Å². The van der Waals surface area contributed by atoms with E-state index in [0.29, 0.717) is 18.0 Å². The molecule has 0 aliphatic heterocycles. The van der Waals surface area contributed by atoms with Crippen LogP contribution in [0.4, 0.5) is 0 Å². The molecule has 2 unspecified atom stereocenters. The zero-order chi connectivity index (χ0) is 9.56. The van der Waals surface area contributed by atoms with E-state index >= 15 is 0 Å². The molecule has 0 amide bonds. The van der Waals surface area contributed by atoms with Crippen molar-refractivity contribution in [2.24, 2.45) is 5.92 Å². The second kappa shape index (κ2) is 7.09. The first-order valence-electron chi connectivity index (χ1n) is 4.42. The minimum atomic E-state index is 0.456. The number of rotatable bonds is 6. The SMILES string of the molecule is COCC(C)NC(CI)C(C)C. The maximum Gasteiger partial charge on any atom is 0.0613 e. The number of hydrogen-bond acceptors (Lipinski definition) is 2. The monoisotopic (exact) mass is 285 g/mol. The summed E-state index contributed by atoms with van der Waals surface area (Å²) in [4.78, 5) is 0. The lowest BCUT2D eigenvalue weighted by atomic mass is 10.1. The highest BCUT2D eigenvalue weighted by molar-refractivity contribution is 14.1. The molecule has 0 saturated carbocycles. The highest BCUT2D eigenvalue weighted by Crippen LogP contribution is 2.06. The van der Waals surface area contributed by atoms with Crippen LogP contribution in [0.2, 0.25) is 0 Å². The quantitative estimate of drug-likeness (QED) is 0.596. The van der Waals surface area contributed by atoms with Gasteiger partial charge in [-0.1, -0.05) is 36.4 Å². The van der Waals surface area contributed by atoms with Crippen LogP contribution in [0.3, 0.4) is 0 Å². The molecule has 0 aromatic rings. The van der Waals surface area contributed by atoms with Crippen LogP contribution in [-0.4, -0.2) is 30.2 Å². The summed E-state index contributed by atoms with van der Waals surface area (Å²) in [6.07, 6.45) is 0. The molecule has 0 rings (SSSR count). The molecular weight excluding hydrogens is 265 g/mol. The number of ether oxygens (including phenoxy) is 1. The normalized spacial score (nSPS) is 16.5. The molecule has 0 bridgehead atoms. The van der Waals surface area contributed by atoms with Crippen LogP contribution < -0.4 is 5.32 Å².